The van der Waals surface area contributed by atoms with Gasteiger partial charge in [-0.2, -0.15) is 0 Å². The van der Waals surface area contributed by atoms with Gasteiger partial charge in [0.1, 0.15) is 0 Å². The van der Waals surface area contributed by atoms with E-state index in [9.17, 15) is 0 Å². The van der Waals surface area contributed by atoms with Gasteiger partial charge >= 0.3 is 6.33 Å². The number of aryl methyl sites for hydroxylation is 1. The SMILES string of the molecule is Cc1nc[n+](O)c(C)c1C. The van der Waals surface area contributed by atoms with Gasteiger partial charge in [0.2, 0.25) is 0 Å². The van der Waals surface area contributed by atoms with Crippen LogP contribution in [0.15, 0.2) is 6.33 Å². The molecule has 1 heterocycles. The zero-order valence-corrected chi connectivity index (χ0v) is 6.42. The van der Waals surface area contributed by atoms with E-state index in [2.05, 4.69) is 4.98 Å². The predicted molar refractivity (Wildman–Crippen MR) is 35.8 cm³/mol. The summed E-state index contributed by atoms with van der Waals surface area (Å²) in [6.07, 6.45) is 1.40. The number of hydrogen-bond acceptors (Lipinski definition) is 2. The average Bonchev–Trinajstić information content (AvgIpc) is 1.93. The van der Waals surface area contributed by atoms with Crippen LogP contribution in [0.4, 0.5) is 0 Å². The number of hydrogen-bond donors (Lipinski definition) is 1. The van der Waals surface area contributed by atoms with Crippen molar-refractivity contribution in [3.63, 3.8) is 0 Å². The van der Waals surface area contributed by atoms with E-state index >= 15 is 0 Å². The lowest BCUT2D eigenvalue weighted by Crippen LogP contribution is -2.35. The van der Waals surface area contributed by atoms with Gasteiger partial charge in [-0.05, 0) is 6.92 Å². The Morgan fingerprint density at radius 3 is 2.50 bits per heavy atom. The molecule has 0 bridgehead atoms. The highest BCUT2D eigenvalue weighted by molar-refractivity contribution is 5.16. The molecule has 1 rings (SSSR count). The van der Waals surface area contributed by atoms with Crippen molar-refractivity contribution >= 4 is 0 Å². The van der Waals surface area contributed by atoms with Gasteiger partial charge in [-0.25, -0.2) is 0 Å². The van der Waals surface area contributed by atoms with E-state index in [0.29, 0.717) is 0 Å². The van der Waals surface area contributed by atoms with Gasteiger partial charge in [-0.15, -0.1) is 0 Å². The Labute approximate surface area is 59.9 Å². The first-order valence-electron chi connectivity index (χ1n) is 3.16. The van der Waals surface area contributed by atoms with Gasteiger partial charge in [0.25, 0.3) is 0 Å². The van der Waals surface area contributed by atoms with Crippen LogP contribution >= 0.6 is 0 Å². The first kappa shape index (κ1) is 6.99. The summed E-state index contributed by atoms with van der Waals surface area (Å²) in [6, 6.07) is 0. The van der Waals surface area contributed by atoms with E-state index in [1.807, 2.05) is 20.8 Å². The average molecular weight is 139 g/mol. The first-order valence-corrected chi connectivity index (χ1v) is 3.16. The number of rotatable bonds is 0. The lowest BCUT2D eigenvalue weighted by Gasteiger charge is -1.96. The fraction of sp³-hybridized carbons (Fsp3) is 0.429. The minimum Gasteiger partial charge on any atom is -0.350 e. The fourth-order valence-electron chi connectivity index (χ4n) is 0.758. The third kappa shape index (κ3) is 0.943. The largest absolute Gasteiger partial charge is 0.350 e. The van der Waals surface area contributed by atoms with Crippen molar-refractivity contribution in [1.82, 2.24) is 4.98 Å². The Morgan fingerprint density at radius 2 is 2.00 bits per heavy atom. The third-order valence-corrected chi connectivity index (χ3v) is 1.79. The fourth-order valence-corrected chi connectivity index (χ4v) is 0.758. The van der Waals surface area contributed by atoms with E-state index in [1.165, 1.54) is 6.33 Å². The van der Waals surface area contributed by atoms with Crippen molar-refractivity contribution in [2.24, 2.45) is 0 Å². The maximum atomic E-state index is 9.08. The summed E-state index contributed by atoms with van der Waals surface area (Å²) < 4.78 is 1.03. The summed E-state index contributed by atoms with van der Waals surface area (Å²) in [4.78, 5) is 3.95. The normalized spacial score (nSPS) is 9.90. The maximum absolute atomic E-state index is 9.08. The highest BCUT2D eigenvalue weighted by Crippen LogP contribution is 2.02. The molecule has 0 spiro atoms. The Kier molecular flexibility index (Phi) is 1.57. The van der Waals surface area contributed by atoms with Crippen LogP contribution in [0, 0.1) is 20.8 Å². The van der Waals surface area contributed by atoms with Gasteiger partial charge < -0.3 is 5.21 Å². The minimum absolute atomic E-state index is 0.840. The second kappa shape index (κ2) is 2.25. The van der Waals surface area contributed by atoms with Crippen LogP contribution in [0.25, 0.3) is 0 Å². The molecule has 1 aromatic rings. The molecule has 1 N–H and O–H groups in total. The summed E-state index contributed by atoms with van der Waals surface area (Å²) in [5.41, 5.74) is 2.83. The third-order valence-electron chi connectivity index (χ3n) is 1.79. The van der Waals surface area contributed by atoms with E-state index < -0.39 is 0 Å². The Hall–Kier alpha value is -1.12. The molecule has 0 aliphatic heterocycles. The highest BCUT2D eigenvalue weighted by Gasteiger charge is 2.08. The van der Waals surface area contributed by atoms with Crippen LogP contribution in [0.5, 0.6) is 0 Å². The zero-order valence-electron chi connectivity index (χ0n) is 6.42. The molecule has 0 amide bonds. The second-order valence-corrected chi connectivity index (χ2v) is 2.38. The van der Waals surface area contributed by atoms with E-state index in [0.717, 1.165) is 21.7 Å². The standard InChI is InChI=1S/C7H11N2O/c1-5-6(2)8-4-9(10)7(5)3/h4,10H,1-3H3/q+1. The highest BCUT2D eigenvalue weighted by atomic mass is 16.5. The van der Waals surface area contributed by atoms with Crippen molar-refractivity contribution in [3.8, 4) is 0 Å². The Morgan fingerprint density at radius 1 is 1.40 bits per heavy atom. The molecule has 0 aliphatic carbocycles. The van der Waals surface area contributed by atoms with Crippen molar-refractivity contribution in [3.05, 3.63) is 23.3 Å². The molecule has 0 atom stereocenters. The quantitative estimate of drug-likeness (QED) is 0.420. The van der Waals surface area contributed by atoms with Gasteiger partial charge in [0, 0.05) is 19.4 Å². The minimum atomic E-state index is 0.840. The number of aromatic nitrogens is 2. The monoisotopic (exact) mass is 139 g/mol. The van der Waals surface area contributed by atoms with Crippen LogP contribution in [0.3, 0.4) is 0 Å². The van der Waals surface area contributed by atoms with Gasteiger partial charge in [-0.3, -0.25) is 0 Å². The maximum Gasteiger partial charge on any atom is 0.325 e. The summed E-state index contributed by atoms with van der Waals surface area (Å²) in [7, 11) is 0. The molecular weight excluding hydrogens is 128 g/mol. The van der Waals surface area contributed by atoms with Crippen LogP contribution in [-0.2, 0) is 0 Å². The van der Waals surface area contributed by atoms with E-state index in [-0.39, 0.29) is 0 Å². The smallest absolute Gasteiger partial charge is 0.325 e. The second-order valence-electron chi connectivity index (χ2n) is 2.38. The molecule has 10 heavy (non-hydrogen) atoms. The number of nitrogens with zero attached hydrogens (tertiary/aromatic N) is 2. The lowest BCUT2D eigenvalue weighted by atomic mass is 10.2. The van der Waals surface area contributed by atoms with Crippen molar-refractivity contribution in [2.45, 2.75) is 20.8 Å². The van der Waals surface area contributed by atoms with Gasteiger partial charge in [-0.1, -0.05) is 9.71 Å². The summed E-state index contributed by atoms with van der Waals surface area (Å²) in [6.45, 7) is 5.71. The molecule has 0 aromatic carbocycles. The van der Waals surface area contributed by atoms with E-state index in [4.69, 9.17) is 5.21 Å². The lowest BCUT2D eigenvalue weighted by molar-refractivity contribution is -0.911. The first-order chi connectivity index (χ1) is 4.63. The van der Waals surface area contributed by atoms with Crippen molar-refractivity contribution in [2.75, 3.05) is 0 Å². The molecule has 3 heteroatoms. The molecule has 0 saturated heterocycles. The molecular formula is C7H11N2O+. The van der Waals surface area contributed by atoms with Crippen LogP contribution in [0.2, 0.25) is 0 Å². The Balaban J connectivity index is 3.34. The van der Waals surface area contributed by atoms with Crippen LogP contribution < -0.4 is 4.73 Å². The summed E-state index contributed by atoms with van der Waals surface area (Å²) >= 11 is 0. The molecule has 3 nitrogen and oxygen atoms in total. The zero-order chi connectivity index (χ0) is 7.72. The van der Waals surface area contributed by atoms with Crippen LogP contribution in [-0.4, -0.2) is 10.2 Å². The topological polar surface area (TPSA) is 37.0 Å². The molecule has 0 saturated carbocycles. The molecule has 0 aliphatic rings. The summed E-state index contributed by atoms with van der Waals surface area (Å²) in [5.74, 6) is 0. The molecule has 1 aromatic heterocycles. The molecule has 54 valence electrons. The van der Waals surface area contributed by atoms with Gasteiger partial charge in [0.15, 0.2) is 11.4 Å². The van der Waals surface area contributed by atoms with Crippen molar-refractivity contribution in [1.29, 1.82) is 0 Å². The predicted octanol–water partition coefficient (Wildman–Crippen LogP) is 0.532. The van der Waals surface area contributed by atoms with Crippen LogP contribution in [0.1, 0.15) is 17.0 Å². The Bertz CT molecular complexity index is 231. The van der Waals surface area contributed by atoms with Crippen molar-refractivity contribution < 1.29 is 9.94 Å². The van der Waals surface area contributed by atoms with Gasteiger partial charge in [0.05, 0.1) is 0 Å². The summed E-state index contributed by atoms with van der Waals surface area (Å²) in [5, 5.41) is 9.08. The molecule has 0 unspecified atom stereocenters. The van der Waals surface area contributed by atoms with E-state index in [1.54, 1.807) is 0 Å². The molecule has 0 radical (unpaired) electrons. The molecule has 0 fully saturated rings.